The number of benzene rings is 2. The molecule has 0 N–H and O–H groups in total. The molecule has 2 aromatic carbocycles. The number of alkyl halides is 2. The van der Waals surface area contributed by atoms with Gasteiger partial charge in [0.05, 0.1) is 0 Å². The lowest BCUT2D eigenvalue weighted by molar-refractivity contribution is -0.0499. The minimum atomic E-state index is -2.90. The van der Waals surface area contributed by atoms with Crippen molar-refractivity contribution in [2.45, 2.75) is 26.4 Å². The molecule has 0 heterocycles. The highest BCUT2D eigenvalue weighted by atomic mass is 19.3. The molecule has 0 unspecified atom stereocenters. The van der Waals surface area contributed by atoms with Crippen LogP contribution in [0.15, 0.2) is 54.6 Å². The molecule has 2 nitrogen and oxygen atoms in total. The maximum absolute atomic E-state index is 12.4. The number of allylic oxidation sites excluding steroid dienone is 1. The number of hydrogen-bond donors (Lipinski definition) is 0. The molecule has 23 heavy (non-hydrogen) atoms. The van der Waals surface area contributed by atoms with Crippen molar-refractivity contribution in [2.24, 2.45) is 0 Å². The zero-order valence-electron chi connectivity index (χ0n) is 13.0. The molecular formula is C19H18F2O2. The van der Waals surface area contributed by atoms with E-state index >= 15 is 0 Å². The first kappa shape index (κ1) is 16.9. The SMILES string of the molecule is CC(C)c1ccc(C(=O)/C=C/c2ccccc2OC(F)F)cc1. The fraction of sp³-hybridized carbons (Fsp3) is 0.211. The van der Waals surface area contributed by atoms with Gasteiger partial charge in [-0.1, -0.05) is 56.3 Å². The number of halogens is 2. The Morgan fingerprint density at radius 2 is 1.70 bits per heavy atom. The van der Waals surface area contributed by atoms with Gasteiger partial charge in [-0.2, -0.15) is 8.78 Å². The first-order valence-corrected chi connectivity index (χ1v) is 7.33. The van der Waals surface area contributed by atoms with E-state index in [0.29, 0.717) is 17.0 Å². The second-order valence-electron chi connectivity index (χ2n) is 5.39. The minimum Gasteiger partial charge on any atom is -0.434 e. The molecule has 0 aliphatic rings. The molecule has 0 atom stereocenters. The number of ether oxygens (including phenoxy) is 1. The van der Waals surface area contributed by atoms with E-state index in [0.717, 1.165) is 5.56 Å². The van der Waals surface area contributed by atoms with Crippen molar-refractivity contribution in [2.75, 3.05) is 0 Å². The van der Waals surface area contributed by atoms with Gasteiger partial charge in [0.15, 0.2) is 5.78 Å². The molecular weight excluding hydrogens is 298 g/mol. The molecule has 0 amide bonds. The molecule has 0 bridgehead atoms. The van der Waals surface area contributed by atoms with Gasteiger partial charge < -0.3 is 4.74 Å². The molecule has 2 aromatic rings. The fourth-order valence-corrected chi connectivity index (χ4v) is 2.12. The van der Waals surface area contributed by atoms with Crippen LogP contribution < -0.4 is 4.74 Å². The Balaban J connectivity index is 2.15. The number of para-hydroxylation sites is 1. The standard InChI is InChI=1S/C19H18F2O2/c1-13(2)14-7-9-15(10-8-14)17(22)12-11-16-5-3-4-6-18(16)23-19(20)21/h3-13,19H,1-2H3/b12-11+. The van der Waals surface area contributed by atoms with Crippen LogP contribution in [0.3, 0.4) is 0 Å². The third-order valence-corrected chi connectivity index (χ3v) is 3.41. The van der Waals surface area contributed by atoms with Crippen LogP contribution in [0.2, 0.25) is 0 Å². The maximum Gasteiger partial charge on any atom is 0.387 e. The summed E-state index contributed by atoms with van der Waals surface area (Å²) >= 11 is 0. The van der Waals surface area contributed by atoms with Crippen LogP contribution >= 0.6 is 0 Å². The molecule has 0 saturated heterocycles. The van der Waals surface area contributed by atoms with Crippen molar-refractivity contribution >= 4 is 11.9 Å². The molecule has 0 aromatic heterocycles. The average molecular weight is 316 g/mol. The first-order chi connectivity index (χ1) is 11.0. The molecule has 0 aliphatic carbocycles. The summed E-state index contributed by atoms with van der Waals surface area (Å²) in [7, 11) is 0. The van der Waals surface area contributed by atoms with Crippen molar-refractivity contribution in [3.8, 4) is 5.75 Å². The summed E-state index contributed by atoms with van der Waals surface area (Å²) in [4.78, 5) is 12.2. The van der Waals surface area contributed by atoms with Crippen LogP contribution in [0, 0.1) is 0 Å². The lowest BCUT2D eigenvalue weighted by Gasteiger charge is -2.07. The van der Waals surface area contributed by atoms with E-state index in [4.69, 9.17) is 0 Å². The third kappa shape index (κ3) is 4.74. The van der Waals surface area contributed by atoms with Crippen molar-refractivity contribution in [3.63, 3.8) is 0 Å². The third-order valence-electron chi connectivity index (χ3n) is 3.41. The minimum absolute atomic E-state index is 0.0432. The Kier molecular flexibility index (Phi) is 5.63. The van der Waals surface area contributed by atoms with Gasteiger partial charge in [0.2, 0.25) is 0 Å². The van der Waals surface area contributed by atoms with Gasteiger partial charge in [0.1, 0.15) is 5.75 Å². The number of hydrogen-bond acceptors (Lipinski definition) is 2. The molecule has 0 saturated carbocycles. The summed E-state index contributed by atoms with van der Waals surface area (Å²) in [6.45, 7) is 1.26. The number of ketones is 1. The van der Waals surface area contributed by atoms with Crippen molar-refractivity contribution in [3.05, 3.63) is 71.3 Å². The monoisotopic (exact) mass is 316 g/mol. The summed E-state index contributed by atoms with van der Waals surface area (Å²) < 4.78 is 29.1. The molecule has 0 spiro atoms. The van der Waals surface area contributed by atoms with Crippen LogP contribution in [0.4, 0.5) is 8.78 Å². The second kappa shape index (κ2) is 7.68. The van der Waals surface area contributed by atoms with Crippen LogP contribution in [0.25, 0.3) is 6.08 Å². The molecule has 0 fully saturated rings. The zero-order chi connectivity index (χ0) is 16.8. The Morgan fingerprint density at radius 1 is 1.04 bits per heavy atom. The predicted molar refractivity (Wildman–Crippen MR) is 87.0 cm³/mol. The summed E-state index contributed by atoms with van der Waals surface area (Å²) in [5, 5.41) is 0. The van der Waals surface area contributed by atoms with Gasteiger partial charge in [-0.05, 0) is 29.7 Å². The van der Waals surface area contributed by atoms with Gasteiger partial charge in [-0.3, -0.25) is 4.79 Å². The maximum atomic E-state index is 12.4. The van der Waals surface area contributed by atoms with Crippen molar-refractivity contribution < 1.29 is 18.3 Å². The summed E-state index contributed by atoms with van der Waals surface area (Å²) in [5.74, 6) is 0.252. The number of rotatable bonds is 6. The van der Waals surface area contributed by atoms with Gasteiger partial charge in [-0.15, -0.1) is 0 Å². The highest BCUT2D eigenvalue weighted by molar-refractivity contribution is 6.06. The smallest absolute Gasteiger partial charge is 0.387 e. The van der Waals surface area contributed by atoms with Crippen LogP contribution in [0.5, 0.6) is 5.75 Å². The topological polar surface area (TPSA) is 26.3 Å². The largest absolute Gasteiger partial charge is 0.434 e. The Labute approximate surface area is 134 Å². The van der Waals surface area contributed by atoms with Gasteiger partial charge in [0, 0.05) is 11.1 Å². The molecule has 0 aliphatic heterocycles. The van der Waals surface area contributed by atoms with E-state index in [9.17, 15) is 13.6 Å². The lowest BCUT2D eigenvalue weighted by Crippen LogP contribution is -2.03. The van der Waals surface area contributed by atoms with E-state index in [1.165, 1.54) is 18.2 Å². The fourth-order valence-electron chi connectivity index (χ4n) is 2.12. The highest BCUT2D eigenvalue weighted by Gasteiger charge is 2.08. The van der Waals surface area contributed by atoms with Gasteiger partial charge in [0.25, 0.3) is 0 Å². The predicted octanol–water partition coefficient (Wildman–Crippen LogP) is 5.31. The Hall–Kier alpha value is -2.49. The Morgan fingerprint density at radius 3 is 2.30 bits per heavy atom. The van der Waals surface area contributed by atoms with Crippen LogP contribution in [-0.2, 0) is 0 Å². The van der Waals surface area contributed by atoms with E-state index in [-0.39, 0.29) is 11.5 Å². The summed E-state index contributed by atoms with van der Waals surface area (Å²) in [5.41, 5.74) is 2.14. The summed E-state index contributed by atoms with van der Waals surface area (Å²) in [6.07, 6.45) is 2.84. The average Bonchev–Trinajstić information content (AvgIpc) is 2.53. The van der Waals surface area contributed by atoms with E-state index in [1.54, 1.807) is 30.3 Å². The first-order valence-electron chi connectivity index (χ1n) is 7.33. The van der Waals surface area contributed by atoms with E-state index in [2.05, 4.69) is 18.6 Å². The Bertz CT molecular complexity index is 689. The lowest BCUT2D eigenvalue weighted by atomic mass is 10.0. The van der Waals surface area contributed by atoms with E-state index < -0.39 is 6.61 Å². The quantitative estimate of drug-likeness (QED) is 0.533. The van der Waals surface area contributed by atoms with Crippen LogP contribution in [0.1, 0.15) is 41.3 Å². The van der Waals surface area contributed by atoms with E-state index in [1.807, 2.05) is 12.1 Å². The van der Waals surface area contributed by atoms with Gasteiger partial charge >= 0.3 is 6.61 Å². The molecule has 2 rings (SSSR count). The molecule has 4 heteroatoms. The summed E-state index contributed by atoms with van der Waals surface area (Å²) in [6, 6.07) is 13.7. The molecule has 0 radical (unpaired) electrons. The number of carbonyl (C=O) groups excluding carboxylic acids is 1. The van der Waals surface area contributed by atoms with Crippen molar-refractivity contribution in [1.29, 1.82) is 0 Å². The normalized spacial score (nSPS) is 11.4. The highest BCUT2D eigenvalue weighted by Crippen LogP contribution is 2.22. The van der Waals surface area contributed by atoms with Crippen LogP contribution in [-0.4, -0.2) is 12.4 Å². The number of carbonyl (C=O) groups is 1. The molecule has 120 valence electrons. The second-order valence-corrected chi connectivity index (χ2v) is 5.39. The zero-order valence-corrected chi connectivity index (χ0v) is 13.0. The van der Waals surface area contributed by atoms with Crippen molar-refractivity contribution in [1.82, 2.24) is 0 Å². The van der Waals surface area contributed by atoms with Gasteiger partial charge in [-0.25, -0.2) is 0 Å².